The number of nitrogens with two attached hydrogens (primary N) is 4. The van der Waals surface area contributed by atoms with Crippen molar-refractivity contribution in [2.75, 3.05) is 31.6 Å². The van der Waals surface area contributed by atoms with Gasteiger partial charge in [-0.2, -0.15) is 11.8 Å². The van der Waals surface area contributed by atoms with Gasteiger partial charge >= 0.3 is 11.9 Å². The highest BCUT2D eigenvalue weighted by atomic mass is 32.2. The van der Waals surface area contributed by atoms with Crippen molar-refractivity contribution in [2.24, 2.45) is 40.7 Å². The van der Waals surface area contributed by atoms with E-state index in [1.54, 1.807) is 78.1 Å². The lowest BCUT2D eigenvalue weighted by Crippen LogP contribution is -2.62. The number of phenols is 1. The van der Waals surface area contributed by atoms with E-state index in [0.717, 1.165) is 12.5 Å². The minimum atomic E-state index is -1.90. The first-order chi connectivity index (χ1) is 58.1. The van der Waals surface area contributed by atoms with Crippen molar-refractivity contribution in [3.8, 4) is 5.75 Å². The van der Waals surface area contributed by atoms with E-state index in [2.05, 4.69) is 69.1 Å². The zero-order chi connectivity index (χ0) is 91.7. The summed E-state index contributed by atoms with van der Waals surface area (Å²) in [6.45, 7) is 10.5. The molecule has 26 N–H and O–H groups in total. The zero-order valence-corrected chi connectivity index (χ0v) is 71.5. The van der Waals surface area contributed by atoms with E-state index in [1.807, 2.05) is 30.3 Å². The molecule has 15 amide bonds. The Kier molecular flexibility index (Phi) is 44.5. The standard InChI is InChI=1S/C82H123N19O21S/c1-9-46(6)67(99-77(117)61-23-17-38-101(61)80(120)66(45(4)5)98-69(109)52(83)29-26-48-18-12-10-13-19-48)78(118)97-60(41-49-20-14-11-15-21-49)76(116)100-68(47(7)102)79(119)96-59(42-50-24-27-51(103)28-25-50)70(110)89-43-64(106)90-54(32-35-65(107)108)72(112)95-58(40-44(2)3)75(115)92-55(30-33-62(84)104)73(113)91-53(22-16-37-88-82(86)87)71(111)93-56(36-39-123-8)74(114)94-57(81(121)122)31-34-63(85)105/h10-15,18-21,24-25,27-28,44-47,52-61,66-68,102-103H,9,16-17,22-23,26,29-43,83H2,1-8H3,(H2,84,104)(H2,85,105)(H,89,110)(H,90,106)(H,91,113)(H,92,115)(H,93,111)(H,94,114)(H,95,112)(H,96,119)(H,97,118)(H,98,109)(H,99,117)(H,100,116)(H,107,108)(H,121,122)(H4,86,87,88)/t46-,47+,52?,53-,54-,55-,56-,57-,58-,59-,60-,61-,66-,67-,68-/m0/s1. The molecule has 1 saturated heterocycles. The fourth-order valence-electron chi connectivity index (χ4n) is 13.2. The number of hydrogen-bond acceptors (Lipinski definition) is 22. The van der Waals surface area contributed by atoms with Crippen LogP contribution in [0.5, 0.6) is 5.75 Å². The Balaban J connectivity index is 1.57. The van der Waals surface area contributed by atoms with Gasteiger partial charge in [0.05, 0.1) is 18.7 Å². The van der Waals surface area contributed by atoms with Gasteiger partial charge in [0, 0.05) is 45.2 Å². The molecule has 0 saturated carbocycles. The number of likely N-dealkylation sites (tertiary alicyclic amines) is 1. The Morgan fingerprint density at radius 1 is 0.504 bits per heavy atom. The maximum absolute atomic E-state index is 14.8. The van der Waals surface area contributed by atoms with E-state index in [1.165, 1.54) is 40.9 Å². The van der Waals surface area contributed by atoms with E-state index in [0.29, 0.717) is 36.8 Å². The summed E-state index contributed by atoms with van der Waals surface area (Å²) < 4.78 is 0. The number of aliphatic hydroxyl groups excluding tert-OH is 1. The molecule has 0 spiro atoms. The summed E-state index contributed by atoms with van der Waals surface area (Å²) in [4.78, 5) is 235. The fraction of sp³-hybridized carbons (Fsp3) is 0.561. The normalized spacial score (nSPS) is 15.8. The second-order valence-electron chi connectivity index (χ2n) is 31.2. The lowest BCUT2D eigenvalue weighted by molar-refractivity contribution is -0.143. The summed E-state index contributed by atoms with van der Waals surface area (Å²) in [5.41, 5.74) is 24.3. The van der Waals surface area contributed by atoms with Crippen LogP contribution in [0, 0.1) is 23.2 Å². The van der Waals surface area contributed by atoms with Crippen molar-refractivity contribution in [3.05, 3.63) is 102 Å². The molecule has 15 atom stereocenters. The molecule has 1 fully saturated rings. The number of thioether (sulfide) groups is 1. The molecule has 0 aromatic heterocycles. The van der Waals surface area contributed by atoms with Gasteiger partial charge in [-0.25, -0.2) is 4.79 Å². The smallest absolute Gasteiger partial charge is 0.326 e. The Morgan fingerprint density at radius 2 is 0.967 bits per heavy atom. The van der Waals surface area contributed by atoms with E-state index in [9.17, 15) is 102 Å². The second-order valence-corrected chi connectivity index (χ2v) is 32.1. The van der Waals surface area contributed by atoms with E-state index < -0.39 is 248 Å². The van der Waals surface area contributed by atoms with Gasteiger partial charge in [-0.15, -0.1) is 0 Å². The van der Waals surface area contributed by atoms with Crippen molar-refractivity contribution in [2.45, 2.75) is 242 Å². The summed E-state index contributed by atoms with van der Waals surface area (Å²) >= 11 is 1.27. The van der Waals surface area contributed by atoms with Crippen LogP contribution in [0.15, 0.2) is 84.9 Å². The van der Waals surface area contributed by atoms with Gasteiger partial charge in [0.2, 0.25) is 88.6 Å². The van der Waals surface area contributed by atoms with Crippen LogP contribution in [0.1, 0.15) is 155 Å². The number of hydrogen-bond donors (Lipinski definition) is 22. The maximum Gasteiger partial charge on any atom is 0.326 e. The number of carbonyl (C=O) groups is 17. The van der Waals surface area contributed by atoms with Gasteiger partial charge in [0.25, 0.3) is 0 Å². The first-order valence-electron chi connectivity index (χ1n) is 40.9. The first kappa shape index (κ1) is 103. The van der Waals surface area contributed by atoms with Gasteiger partial charge in [-0.1, -0.05) is 121 Å². The van der Waals surface area contributed by atoms with E-state index >= 15 is 0 Å². The van der Waals surface area contributed by atoms with Crippen molar-refractivity contribution >= 4 is 118 Å². The Morgan fingerprint density at radius 3 is 1.48 bits per heavy atom. The molecule has 3 aromatic rings. The molecule has 0 radical (unpaired) electrons. The number of carboxylic acid groups (broad SMARTS) is 2. The number of carbonyl (C=O) groups excluding carboxylic acids is 15. The van der Waals surface area contributed by atoms with Crippen molar-refractivity contribution in [1.29, 1.82) is 5.41 Å². The predicted molar refractivity (Wildman–Crippen MR) is 453 cm³/mol. The average Bonchev–Trinajstić information content (AvgIpc) is 1.51. The molecule has 123 heavy (non-hydrogen) atoms. The third kappa shape index (κ3) is 37.1. The van der Waals surface area contributed by atoms with Gasteiger partial charge in [-0.05, 0) is 136 Å². The molecular formula is C82H123N19O21S. The number of benzene rings is 3. The first-order valence-corrected chi connectivity index (χ1v) is 42.3. The highest BCUT2D eigenvalue weighted by Gasteiger charge is 2.43. The minimum absolute atomic E-state index is 0.0159. The molecule has 40 nitrogen and oxygen atoms in total. The highest BCUT2D eigenvalue weighted by molar-refractivity contribution is 7.98. The van der Waals surface area contributed by atoms with Gasteiger partial charge in [-0.3, -0.25) is 82.1 Å². The minimum Gasteiger partial charge on any atom is -0.508 e. The maximum atomic E-state index is 14.8. The van der Waals surface area contributed by atoms with Crippen LogP contribution in [0.3, 0.4) is 0 Å². The molecule has 0 bridgehead atoms. The quantitative estimate of drug-likeness (QED) is 0.0154. The van der Waals surface area contributed by atoms with Crippen molar-refractivity contribution in [3.63, 3.8) is 0 Å². The molecule has 1 aliphatic heterocycles. The van der Waals surface area contributed by atoms with Gasteiger partial charge < -0.3 is 117 Å². The number of amides is 15. The van der Waals surface area contributed by atoms with Crippen LogP contribution in [0.2, 0.25) is 0 Å². The number of aromatic hydroxyl groups is 1. The van der Waals surface area contributed by atoms with Crippen LogP contribution < -0.4 is 92.1 Å². The van der Waals surface area contributed by atoms with Gasteiger partial charge in [0.15, 0.2) is 5.96 Å². The monoisotopic (exact) mass is 1740 g/mol. The summed E-state index contributed by atoms with van der Waals surface area (Å²) in [6, 6.07) is 3.95. The Bertz CT molecular complexity index is 4090. The third-order valence-electron chi connectivity index (χ3n) is 20.3. The number of primary amides is 2. The number of carboxylic acids is 2. The van der Waals surface area contributed by atoms with Crippen LogP contribution in [-0.2, 0) is 101 Å². The molecule has 4 rings (SSSR count). The lowest BCUT2D eigenvalue weighted by Gasteiger charge is -2.33. The van der Waals surface area contributed by atoms with Crippen LogP contribution in [0.25, 0.3) is 0 Å². The third-order valence-corrected chi connectivity index (χ3v) is 20.9. The molecule has 0 aliphatic carbocycles. The van der Waals surface area contributed by atoms with E-state index in [-0.39, 0.29) is 76.0 Å². The number of rotatable bonds is 55. The SMILES string of the molecule is CC[C@H](C)[C@H](NC(=O)[C@@H]1CCCN1C(=O)[C@@H](NC(=O)C(N)CCc1ccccc1)C(C)C)C(=O)N[C@@H](Cc1ccccc1)C(=O)N[C@H](C(=O)N[C@@H](Cc1ccc(O)cc1)C(=O)NCC(=O)N[C@@H](CCC(=O)O)C(=O)N[C@@H](CC(C)C)C(=O)N[C@@H](CCC(N)=O)C(=O)N[C@@H](CCCNC(=N)N)C(=O)N[C@@H](CCSC)C(=O)N[C@@H](CCC(N)=O)C(=O)O)[C@@H](C)O. The van der Waals surface area contributed by atoms with Gasteiger partial charge in [0.1, 0.15) is 78.3 Å². The molecule has 1 heterocycles. The molecule has 1 unspecified atom stereocenters. The predicted octanol–water partition coefficient (Wildman–Crippen LogP) is -2.80. The molecule has 3 aromatic carbocycles. The highest BCUT2D eigenvalue weighted by Crippen LogP contribution is 2.23. The van der Waals surface area contributed by atoms with Crippen LogP contribution in [-0.4, -0.2) is 248 Å². The van der Waals surface area contributed by atoms with Crippen LogP contribution >= 0.6 is 11.8 Å². The Labute approximate surface area is 718 Å². The fourth-order valence-corrected chi connectivity index (χ4v) is 13.6. The number of nitrogens with zero attached hydrogens (tertiary/aromatic N) is 1. The average molecular weight is 1740 g/mol. The number of guanidine groups is 1. The summed E-state index contributed by atoms with van der Waals surface area (Å²) in [7, 11) is 0. The lowest BCUT2D eigenvalue weighted by atomic mass is 9.96. The topological polar surface area (TPSA) is 659 Å². The largest absolute Gasteiger partial charge is 0.508 e. The Hall–Kier alpha value is -12.0. The second kappa shape index (κ2) is 53.0. The molecule has 678 valence electrons. The molecular weight excluding hydrogens is 1620 g/mol. The summed E-state index contributed by atoms with van der Waals surface area (Å²) in [5, 5.41) is 81.4. The van der Waals surface area contributed by atoms with Crippen molar-refractivity contribution < 1.29 is 102 Å². The number of aryl methyl sites for hydroxylation is 1. The number of aliphatic hydroxyl groups is 1. The number of nitrogens with one attached hydrogen (secondary N) is 14. The molecule has 41 heteroatoms. The van der Waals surface area contributed by atoms with Crippen LogP contribution in [0.4, 0.5) is 0 Å². The molecule has 1 aliphatic rings. The number of phenolic OH excluding ortho intramolecular Hbond substituents is 1. The zero-order valence-electron chi connectivity index (χ0n) is 70.6. The summed E-state index contributed by atoms with van der Waals surface area (Å²) in [6.07, 6.45) is -2.59. The number of aliphatic carboxylic acids is 2. The summed E-state index contributed by atoms with van der Waals surface area (Å²) in [5.74, 6) is -18.8. The van der Waals surface area contributed by atoms with Crippen molar-refractivity contribution in [1.82, 2.24) is 74.0 Å². The van der Waals surface area contributed by atoms with E-state index in [4.69, 9.17) is 28.3 Å².